The molecule has 2 N–H and O–H groups in total. The first kappa shape index (κ1) is 16.3. The van der Waals surface area contributed by atoms with Gasteiger partial charge in [0.15, 0.2) is 0 Å². The molecule has 4 nitrogen and oxygen atoms in total. The lowest BCUT2D eigenvalue weighted by Gasteiger charge is -2.34. The average molecular weight is 351 g/mol. The van der Waals surface area contributed by atoms with Gasteiger partial charge in [-0.15, -0.1) is 0 Å². The molecule has 2 heterocycles. The minimum absolute atomic E-state index is 0.535. The van der Waals surface area contributed by atoms with E-state index >= 15 is 0 Å². The van der Waals surface area contributed by atoms with Gasteiger partial charge in [0.05, 0.1) is 12.1 Å². The standard InChI is InChI=1S/C22H30N4/c1-3-7-19-17(5-1)13-23-21(25-19)15-9-11-16(12-10-15)22-24-14-18-6-2-4-8-20(18)26-22/h9-12,17-20H,1-8,13-14H2,(H,23,25)(H,24,26)/t17-,18-,19-,20-/m1/s1. The van der Waals surface area contributed by atoms with E-state index in [1.54, 1.807) is 0 Å². The molecule has 5 rings (SSSR count). The Labute approximate surface area is 156 Å². The van der Waals surface area contributed by atoms with Crippen LogP contribution in [0.1, 0.15) is 62.5 Å². The summed E-state index contributed by atoms with van der Waals surface area (Å²) in [6.07, 6.45) is 10.6. The fourth-order valence-corrected chi connectivity index (χ4v) is 5.21. The smallest absolute Gasteiger partial charge is 0.128 e. The predicted molar refractivity (Wildman–Crippen MR) is 107 cm³/mol. The van der Waals surface area contributed by atoms with Crippen molar-refractivity contribution in [1.29, 1.82) is 0 Å². The quantitative estimate of drug-likeness (QED) is 0.857. The summed E-state index contributed by atoms with van der Waals surface area (Å²) < 4.78 is 0. The van der Waals surface area contributed by atoms with Crippen molar-refractivity contribution >= 4 is 11.7 Å². The zero-order valence-corrected chi connectivity index (χ0v) is 15.6. The van der Waals surface area contributed by atoms with Gasteiger partial charge in [-0.05, 0) is 37.5 Å². The van der Waals surface area contributed by atoms with Gasteiger partial charge >= 0.3 is 0 Å². The third-order valence-electron chi connectivity index (χ3n) is 6.82. The van der Waals surface area contributed by atoms with Crippen molar-refractivity contribution in [2.24, 2.45) is 21.8 Å². The summed E-state index contributed by atoms with van der Waals surface area (Å²) >= 11 is 0. The van der Waals surface area contributed by atoms with Crippen molar-refractivity contribution in [2.75, 3.05) is 13.1 Å². The Bertz CT molecular complexity index is 644. The fourth-order valence-electron chi connectivity index (χ4n) is 5.21. The van der Waals surface area contributed by atoms with Crippen LogP contribution in [0.25, 0.3) is 0 Å². The molecule has 0 aromatic heterocycles. The molecule has 2 aliphatic heterocycles. The maximum atomic E-state index is 5.03. The summed E-state index contributed by atoms with van der Waals surface area (Å²) in [4.78, 5) is 10.1. The van der Waals surface area contributed by atoms with Crippen molar-refractivity contribution in [2.45, 2.75) is 63.5 Å². The average Bonchev–Trinajstić information content (AvgIpc) is 2.73. The monoisotopic (exact) mass is 350 g/mol. The fraction of sp³-hybridized carbons (Fsp3) is 0.636. The lowest BCUT2D eigenvalue weighted by atomic mass is 9.83. The van der Waals surface area contributed by atoms with Crippen LogP contribution in [0.4, 0.5) is 0 Å². The number of benzene rings is 1. The van der Waals surface area contributed by atoms with Gasteiger partial charge in [-0.2, -0.15) is 0 Å². The first-order valence-electron chi connectivity index (χ1n) is 10.6. The number of rotatable bonds is 2. The van der Waals surface area contributed by atoms with Crippen LogP contribution in [-0.2, 0) is 0 Å². The second-order valence-electron chi connectivity index (χ2n) is 8.52. The Balaban J connectivity index is 1.33. The van der Waals surface area contributed by atoms with Crippen LogP contribution in [-0.4, -0.2) is 36.8 Å². The molecule has 4 heteroatoms. The van der Waals surface area contributed by atoms with E-state index in [4.69, 9.17) is 9.98 Å². The number of aliphatic imine (C=N–C) groups is 2. The summed E-state index contributed by atoms with van der Waals surface area (Å²) in [5, 5.41) is 7.15. The van der Waals surface area contributed by atoms with Crippen LogP contribution in [0.2, 0.25) is 0 Å². The number of nitrogens with zero attached hydrogens (tertiary/aromatic N) is 2. The third-order valence-corrected chi connectivity index (χ3v) is 6.82. The molecule has 138 valence electrons. The van der Waals surface area contributed by atoms with Crippen molar-refractivity contribution < 1.29 is 0 Å². The first-order chi connectivity index (χ1) is 12.9. The second kappa shape index (κ2) is 7.05. The van der Waals surface area contributed by atoms with Gasteiger partial charge in [0.25, 0.3) is 0 Å². The first-order valence-corrected chi connectivity index (χ1v) is 10.6. The van der Waals surface area contributed by atoms with Crippen LogP contribution < -0.4 is 10.6 Å². The number of hydrogen-bond acceptors (Lipinski definition) is 4. The van der Waals surface area contributed by atoms with Crippen LogP contribution in [0.15, 0.2) is 34.3 Å². The highest BCUT2D eigenvalue weighted by molar-refractivity contribution is 6.02. The summed E-state index contributed by atoms with van der Waals surface area (Å²) in [5.41, 5.74) is 2.43. The minimum Gasteiger partial charge on any atom is -0.370 e. The molecular formula is C22H30N4. The Morgan fingerprint density at radius 3 is 1.50 bits per heavy atom. The normalized spacial score (nSPS) is 33.7. The van der Waals surface area contributed by atoms with Gasteiger partial charge in [-0.25, -0.2) is 0 Å². The van der Waals surface area contributed by atoms with Gasteiger partial charge in [0.2, 0.25) is 0 Å². The molecule has 2 aliphatic carbocycles. The van der Waals surface area contributed by atoms with E-state index in [0.29, 0.717) is 12.1 Å². The maximum Gasteiger partial charge on any atom is 0.128 e. The highest BCUT2D eigenvalue weighted by Gasteiger charge is 2.30. The van der Waals surface area contributed by atoms with Gasteiger partial charge in [-0.3, -0.25) is 9.98 Å². The Morgan fingerprint density at radius 1 is 0.615 bits per heavy atom. The lowest BCUT2D eigenvalue weighted by Crippen LogP contribution is -2.43. The lowest BCUT2D eigenvalue weighted by molar-refractivity contribution is 0.297. The van der Waals surface area contributed by atoms with Crippen LogP contribution in [0.3, 0.4) is 0 Å². The van der Waals surface area contributed by atoms with E-state index in [9.17, 15) is 0 Å². The molecule has 1 aromatic carbocycles. The molecule has 0 saturated heterocycles. The number of amidine groups is 2. The molecule has 2 saturated carbocycles. The summed E-state index contributed by atoms with van der Waals surface area (Å²) in [5.74, 6) is 3.67. The van der Waals surface area contributed by atoms with Crippen molar-refractivity contribution in [3.05, 3.63) is 35.4 Å². The SMILES string of the molecule is c1cc(C2=N[C@@H]3CCCC[C@@H]3CN2)ccc1C1=N[C@@H]2CCCC[C@@H]2CN1. The zero-order chi connectivity index (χ0) is 17.3. The van der Waals surface area contributed by atoms with E-state index in [2.05, 4.69) is 34.9 Å². The van der Waals surface area contributed by atoms with Gasteiger partial charge in [0, 0.05) is 24.2 Å². The zero-order valence-electron chi connectivity index (χ0n) is 15.6. The van der Waals surface area contributed by atoms with E-state index in [0.717, 1.165) is 36.6 Å². The van der Waals surface area contributed by atoms with Crippen LogP contribution >= 0.6 is 0 Å². The summed E-state index contributed by atoms with van der Waals surface area (Å²) in [7, 11) is 0. The van der Waals surface area contributed by atoms with Gasteiger partial charge in [0.1, 0.15) is 11.7 Å². The molecule has 0 amide bonds. The Morgan fingerprint density at radius 2 is 1.04 bits per heavy atom. The van der Waals surface area contributed by atoms with E-state index < -0.39 is 0 Å². The molecule has 26 heavy (non-hydrogen) atoms. The molecule has 0 unspecified atom stereocenters. The van der Waals surface area contributed by atoms with E-state index in [-0.39, 0.29) is 0 Å². The van der Waals surface area contributed by atoms with Crippen molar-refractivity contribution in [3.63, 3.8) is 0 Å². The topological polar surface area (TPSA) is 48.8 Å². The largest absolute Gasteiger partial charge is 0.370 e. The van der Waals surface area contributed by atoms with E-state index in [1.165, 1.54) is 62.5 Å². The van der Waals surface area contributed by atoms with Gasteiger partial charge in [-0.1, -0.05) is 49.9 Å². The molecule has 0 bridgehead atoms. The highest BCUT2D eigenvalue weighted by Crippen LogP contribution is 2.30. The molecule has 2 fully saturated rings. The van der Waals surface area contributed by atoms with Crippen LogP contribution in [0.5, 0.6) is 0 Å². The molecule has 4 atom stereocenters. The second-order valence-corrected chi connectivity index (χ2v) is 8.52. The molecule has 0 spiro atoms. The third kappa shape index (κ3) is 3.15. The highest BCUT2D eigenvalue weighted by atomic mass is 15.1. The van der Waals surface area contributed by atoms with E-state index in [1.807, 2.05) is 0 Å². The Kier molecular flexibility index (Phi) is 4.43. The van der Waals surface area contributed by atoms with Gasteiger partial charge < -0.3 is 10.6 Å². The molecule has 1 aromatic rings. The molecule has 4 aliphatic rings. The van der Waals surface area contributed by atoms with Crippen molar-refractivity contribution in [3.8, 4) is 0 Å². The number of fused-ring (bicyclic) bond motifs is 2. The minimum atomic E-state index is 0.535. The van der Waals surface area contributed by atoms with Crippen molar-refractivity contribution in [1.82, 2.24) is 10.6 Å². The predicted octanol–water partition coefficient (Wildman–Crippen LogP) is 3.50. The maximum absolute atomic E-state index is 5.03. The molecular weight excluding hydrogens is 320 g/mol. The number of nitrogens with one attached hydrogen (secondary N) is 2. The summed E-state index contributed by atoms with van der Waals surface area (Å²) in [6.45, 7) is 2.17. The number of hydrogen-bond donors (Lipinski definition) is 2. The summed E-state index contributed by atoms with van der Waals surface area (Å²) in [6, 6.07) is 9.91. The molecule has 0 radical (unpaired) electrons. The Hall–Kier alpha value is -1.84. The van der Waals surface area contributed by atoms with Crippen LogP contribution in [0, 0.1) is 11.8 Å².